The Morgan fingerprint density at radius 3 is 2.35 bits per heavy atom. The van der Waals surface area contributed by atoms with Gasteiger partial charge in [-0.15, -0.1) is 0 Å². The molecular weight excluding hydrogens is 239 g/mol. The second-order valence-corrected chi connectivity index (χ2v) is 6.83. The number of hydrogen-bond acceptors (Lipinski definition) is 4. The zero-order valence-corrected chi connectivity index (χ0v) is 11.8. The molecule has 1 saturated carbocycles. The summed E-state index contributed by atoms with van der Waals surface area (Å²) in [6.45, 7) is 2.05. The minimum atomic E-state index is -3.09. The Balaban J connectivity index is 2.49. The summed E-state index contributed by atoms with van der Waals surface area (Å²) in [5, 5.41) is 10.1. The van der Waals surface area contributed by atoms with Gasteiger partial charge in [-0.3, -0.25) is 4.57 Å². The number of aliphatic hydroxyl groups is 1. The summed E-state index contributed by atoms with van der Waals surface area (Å²) >= 11 is 0. The van der Waals surface area contributed by atoms with Gasteiger partial charge in [0.15, 0.2) is 0 Å². The van der Waals surface area contributed by atoms with E-state index in [1.165, 1.54) is 19.8 Å². The van der Waals surface area contributed by atoms with Gasteiger partial charge in [-0.2, -0.15) is 0 Å². The third-order valence-corrected chi connectivity index (χ3v) is 5.53. The van der Waals surface area contributed by atoms with Crippen molar-refractivity contribution in [2.45, 2.75) is 38.7 Å². The van der Waals surface area contributed by atoms with Crippen molar-refractivity contribution in [1.82, 2.24) is 0 Å². The fourth-order valence-electron chi connectivity index (χ4n) is 2.29. The highest BCUT2D eigenvalue weighted by molar-refractivity contribution is 7.53. The predicted octanol–water partition coefficient (Wildman–Crippen LogP) is 2.97. The Hall–Kier alpha value is -0.150. The molecule has 1 N–H and O–H groups in total. The van der Waals surface area contributed by atoms with E-state index >= 15 is 0 Å². The molecule has 0 spiro atoms. The molecule has 1 aliphatic carbocycles. The lowest BCUT2D eigenvalue weighted by Gasteiger charge is -2.29. The zero-order valence-electron chi connectivity index (χ0n) is 10.9. The normalized spacial score (nSPS) is 23.5. The average Bonchev–Trinajstić information content (AvgIpc) is 2.38. The first-order valence-electron chi connectivity index (χ1n) is 6.07. The molecule has 0 amide bonds. The molecule has 0 bridgehead atoms. The maximum Gasteiger partial charge on any atom is 0.332 e. The molecule has 1 atom stereocenters. The predicted molar refractivity (Wildman–Crippen MR) is 68.2 cm³/mol. The van der Waals surface area contributed by atoms with Crippen molar-refractivity contribution in [3.63, 3.8) is 0 Å². The smallest absolute Gasteiger partial charge is 0.332 e. The highest BCUT2D eigenvalue weighted by Gasteiger charge is 2.31. The van der Waals surface area contributed by atoms with Gasteiger partial charge >= 0.3 is 7.60 Å². The van der Waals surface area contributed by atoms with Crippen LogP contribution in [0.25, 0.3) is 0 Å². The minimum Gasteiger partial charge on any atom is -0.392 e. The van der Waals surface area contributed by atoms with E-state index in [4.69, 9.17) is 9.05 Å². The maximum absolute atomic E-state index is 11.9. The molecule has 0 radical (unpaired) electrons. The summed E-state index contributed by atoms with van der Waals surface area (Å²) in [7, 11) is -0.377. The van der Waals surface area contributed by atoms with Gasteiger partial charge in [-0.05, 0) is 38.5 Å². The van der Waals surface area contributed by atoms with Crippen molar-refractivity contribution in [2.24, 2.45) is 5.92 Å². The topological polar surface area (TPSA) is 55.8 Å². The lowest BCUT2D eigenvalue weighted by atomic mass is 9.83. The SMILES string of the molecule is CC=C1CCC(C(O)CP(=O)(OC)OC)CC1. The molecule has 17 heavy (non-hydrogen) atoms. The van der Waals surface area contributed by atoms with Crippen LogP contribution < -0.4 is 0 Å². The second-order valence-electron chi connectivity index (χ2n) is 4.51. The van der Waals surface area contributed by atoms with Gasteiger partial charge in [0.25, 0.3) is 0 Å². The third kappa shape index (κ3) is 4.22. The largest absolute Gasteiger partial charge is 0.392 e. The standard InChI is InChI=1S/C12H23O4P/c1-4-10-5-7-11(8-6-10)12(13)9-17(14,15-2)16-3/h4,11-13H,5-9H2,1-3H3. The van der Waals surface area contributed by atoms with Crippen LogP contribution >= 0.6 is 7.60 Å². The summed E-state index contributed by atoms with van der Waals surface area (Å²) in [4.78, 5) is 0. The van der Waals surface area contributed by atoms with Gasteiger partial charge in [0, 0.05) is 14.2 Å². The van der Waals surface area contributed by atoms with Crippen LogP contribution in [0.1, 0.15) is 32.6 Å². The summed E-state index contributed by atoms with van der Waals surface area (Å²) in [5.41, 5.74) is 1.45. The lowest BCUT2D eigenvalue weighted by Crippen LogP contribution is -2.27. The van der Waals surface area contributed by atoms with Crippen LogP contribution in [-0.2, 0) is 13.6 Å². The van der Waals surface area contributed by atoms with E-state index in [0.29, 0.717) is 0 Å². The lowest BCUT2D eigenvalue weighted by molar-refractivity contribution is 0.103. The first kappa shape index (κ1) is 14.9. The maximum atomic E-state index is 11.9. The van der Waals surface area contributed by atoms with Gasteiger partial charge in [0.05, 0.1) is 12.3 Å². The van der Waals surface area contributed by atoms with Crippen LogP contribution in [0.4, 0.5) is 0 Å². The highest BCUT2D eigenvalue weighted by atomic mass is 31.2. The molecule has 0 aliphatic heterocycles. The quantitative estimate of drug-likeness (QED) is 0.611. The monoisotopic (exact) mass is 262 g/mol. The van der Waals surface area contributed by atoms with Crippen LogP contribution in [0.15, 0.2) is 11.6 Å². The molecule has 0 heterocycles. The molecule has 0 aromatic rings. The molecule has 1 rings (SSSR count). The Labute approximate surface area is 104 Å². The molecule has 1 unspecified atom stereocenters. The van der Waals surface area contributed by atoms with E-state index < -0.39 is 13.7 Å². The Kier molecular flexibility index (Phi) is 5.87. The van der Waals surface area contributed by atoms with E-state index in [2.05, 4.69) is 13.0 Å². The van der Waals surface area contributed by atoms with E-state index in [9.17, 15) is 9.67 Å². The third-order valence-electron chi connectivity index (χ3n) is 3.59. The van der Waals surface area contributed by atoms with Crippen molar-refractivity contribution in [3.8, 4) is 0 Å². The Bertz CT molecular complexity index is 296. The van der Waals surface area contributed by atoms with Gasteiger partial charge in [0.1, 0.15) is 0 Å². The first-order chi connectivity index (χ1) is 8.04. The summed E-state index contributed by atoms with van der Waals surface area (Å²) in [6.07, 6.45) is 5.61. The summed E-state index contributed by atoms with van der Waals surface area (Å²) in [5.74, 6) is 0.206. The molecule has 100 valence electrons. The van der Waals surface area contributed by atoms with Crippen LogP contribution in [-0.4, -0.2) is 31.6 Å². The van der Waals surface area contributed by atoms with Crippen LogP contribution in [0.3, 0.4) is 0 Å². The van der Waals surface area contributed by atoms with Crippen molar-refractivity contribution >= 4 is 7.60 Å². The van der Waals surface area contributed by atoms with Crippen LogP contribution in [0, 0.1) is 5.92 Å². The van der Waals surface area contributed by atoms with Crippen molar-refractivity contribution in [1.29, 1.82) is 0 Å². The van der Waals surface area contributed by atoms with Crippen molar-refractivity contribution in [3.05, 3.63) is 11.6 Å². The second kappa shape index (κ2) is 6.69. The van der Waals surface area contributed by atoms with E-state index in [1.54, 1.807) is 0 Å². The fourth-order valence-corrected chi connectivity index (χ4v) is 3.49. The summed E-state index contributed by atoms with van der Waals surface area (Å²) in [6, 6.07) is 0. The number of allylic oxidation sites excluding steroid dienone is 2. The van der Waals surface area contributed by atoms with Crippen molar-refractivity contribution < 1.29 is 18.7 Å². The van der Waals surface area contributed by atoms with Crippen LogP contribution in [0.2, 0.25) is 0 Å². The van der Waals surface area contributed by atoms with Crippen molar-refractivity contribution in [2.75, 3.05) is 20.4 Å². The number of hydrogen-bond donors (Lipinski definition) is 1. The van der Waals surface area contributed by atoms with Crippen LogP contribution in [0.5, 0.6) is 0 Å². The van der Waals surface area contributed by atoms with Gasteiger partial charge in [-0.25, -0.2) is 0 Å². The van der Waals surface area contributed by atoms with Gasteiger partial charge in [0.2, 0.25) is 0 Å². The Morgan fingerprint density at radius 1 is 1.41 bits per heavy atom. The molecule has 5 heteroatoms. The summed E-state index contributed by atoms with van der Waals surface area (Å²) < 4.78 is 21.6. The molecule has 0 aromatic heterocycles. The van der Waals surface area contributed by atoms with E-state index in [0.717, 1.165) is 25.7 Å². The number of aliphatic hydroxyl groups excluding tert-OH is 1. The molecular formula is C12H23O4P. The van der Waals surface area contributed by atoms with Gasteiger partial charge < -0.3 is 14.2 Å². The zero-order chi connectivity index (χ0) is 12.9. The van der Waals surface area contributed by atoms with E-state index in [-0.39, 0.29) is 12.1 Å². The minimum absolute atomic E-state index is 0.0931. The first-order valence-corrected chi connectivity index (χ1v) is 7.80. The molecule has 1 fully saturated rings. The molecule has 0 aromatic carbocycles. The molecule has 1 aliphatic rings. The highest BCUT2D eigenvalue weighted by Crippen LogP contribution is 2.48. The fraction of sp³-hybridized carbons (Fsp3) is 0.833. The molecule has 4 nitrogen and oxygen atoms in total. The van der Waals surface area contributed by atoms with E-state index in [1.807, 2.05) is 0 Å². The van der Waals surface area contributed by atoms with Gasteiger partial charge in [-0.1, -0.05) is 11.6 Å². The average molecular weight is 262 g/mol. The molecule has 0 saturated heterocycles. The number of rotatable bonds is 5. The Morgan fingerprint density at radius 2 is 1.94 bits per heavy atom.